The van der Waals surface area contributed by atoms with Crippen molar-refractivity contribution in [2.24, 2.45) is 0 Å². The largest absolute Gasteiger partial charge is 0.310 e. The maximum atomic E-state index is 3.92. The van der Waals surface area contributed by atoms with E-state index >= 15 is 0 Å². The van der Waals surface area contributed by atoms with E-state index in [0.29, 0.717) is 0 Å². The van der Waals surface area contributed by atoms with Crippen molar-refractivity contribution in [1.29, 1.82) is 0 Å². The van der Waals surface area contributed by atoms with Crippen LogP contribution in [0, 0.1) is 0 Å². The van der Waals surface area contributed by atoms with Crippen LogP contribution in [0.3, 0.4) is 0 Å². The number of para-hydroxylation sites is 3. The monoisotopic (exact) mass is 325 g/mol. The molecule has 0 saturated carbocycles. The summed E-state index contributed by atoms with van der Waals surface area (Å²) in [6.45, 7) is 7.83. The van der Waals surface area contributed by atoms with Crippen LogP contribution in [0.5, 0.6) is 0 Å². The summed E-state index contributed by atoms with van der Waals surface area (Å²) in [5.41, 5.74) is 6.04. The summed E-state index contributed by atoms with van der Waals surface area (Å²) in [5, 5.41) is 0. The molecule has 0 N–H and O–H groups in total. The van der Waals surface area contributed by atoms with Gasteiger partial charge in [0, 0.05) is 17.1 Å². The molecule has 1 nitrogen and oxygen atoms in total. The van der Waals surface area contributed by atoms with Crippen LogP contribution in [-0.2, 0) is 12.8 Å². The summed E-state index contributed by atoms with van der Waals surface area (Å²) in [4.78, 5) is 2.33. The van der Waals surface area contributed by atoms with Crippen molar-refractivity contribution < 1.29 is 0 Å². The Bertz CT molecular complexity index is 795. The van der Waals surface area contributed by atoms with Crippen LogP contribution in [0.1, 0.15) is 11.1 Å². The van der Waals surface area contributed by atoms with Gasteiger partial charge in [0.15, 0.2) is 0 Å². The second-order valence-electron chi connectivity index (χ2n) is 5.91. The Morgan fingerprint density at radius 2 is 1.04 bits per heavy atom. The molecule has 0 aliphatic rings. The summed E-state index contributed by atoms with van der Waals surface area (Å²) in [7, 11) is 0. The van der Waals surface area contributed by atoms with Crippen molar-refractivity contribution >= 4 is 17.1 Å². The minimum Gasteiger partial charge on any atom is -0.310 e. The highest BCUT2D eigenvalue weighted by molar-refractivity contribution is 5.80. The molecule has 0 aliphatic heterocycles. The van der Waals surface area contributed by atoms with Gasteiger partial charge in [-0.3, -0.25) is 0 Å². The smallest absolute Gasteiger partial charge is 0.0496 e. The molecular formula is C24H23N. The summed E-state index contributed by atoms with van der Waals surface area (Å²) in [6, 6.07) is 27.5. The first-order valence-electron chi connectivity index (χ1n) is 8.58. The van der Waals surface area contributed by atoms with Gasteiger partial charge in [0.25, 0.3) is 0 Å². The van der Waals surface area contributed by atoms with E-state index in [-0.39, 0.29) is 0 Å². The van der Waals surface area contributed by atoms with Gasteiger partial charge in [0.1, 0.15) is 0 Å². The fraction of sp³-hybridized carbons (Fsp3) is 0.0833. The first kappa shape index (κ1) is 16.8. The number of allylic oxidation sites excluding steroid dienone is 2. The second-order valence-corrected chi connectivity index (χ2v) is 5.91. The van der Waals surface area contributed by atoms with E-state index in [2.05, 4.69) is 90.9 Å². The molecule has 0 saturated heterocycles. The maximum absolute atomic E-state index is 3.92. The highest BCUT2D eigenvalue weighted by atomic mass is 15.1. The third kappa shape index (κ3) is 3.72. The summed E-state index contributed by atoms with van der Waals surface area (Å²) >= 11 is 0. The zero-order valence-electron chi connectivity index (χ0n) is 14.4. The lowest BCUT2D eigenvalue weighted by atomic mass is 10.0. The SMILES string of the molecule is C=CCc1ccccc1N(c1ccccc1)c1ccccc1CC=C. The van der Waals surface area contributed by atoms with E-state index in [0.717, 1.165) is 18.5 Å². The summed E-state index contributed by atoms with van der Waals surface area (Å²) in [6.07, 6.45) is 5.58. The number of nitrogens with zero attached hydrogens (tertiary/aromatic N) is 1. The quantitative estimate of drug-likeness (QED) is 0.442. The Hall–Kier alpha value is -3.06. The molecule has 3 rings (SSSR count). The normalized spacial score (nSPS) is 10.2. The molecule has 0 aromatic heterocycles. The van der Waals surface area contributed by atoms with Crippen LogP contribution in [-0.4, -0.2) is 0 Å². The molecule has 0 unspecified atom stereocenters. The predicted molar refractivity (Wildman–Crippen MR) is 109 cm³/mol. The number of benzene rings is 3. The van der Waals surface area contributed by atoms with Crippen molar-refractivity contribution in [1.82, 2.24) is 0 Å². The average molecular weight is 325 g/mol. The van der Waals surface area contributed by atoms with Gasteiger partial charge in [0.05, 0.1) is 0 Å². The van der Waals surface area contributed by atoms with Gasteiger partial charge in [-0.2, -0.15) is 0 Å². The number of hydrogen-bond donors (Lipinski definition) is 0. The van der Waals surface area contributed by atoms with Gasteiger partial charge in [0.2, 0.25) is 0 Å². The molecule has 0 aliphatic carbocycles. The standard InChI is InChI=1S/C24H23N/c1-3-12-20-14-8-10-18-23(20)25(22-16-6-5-7-17-22)24-19-11-9-15-21(24)13-4-2/h3-11,14-19H,1-2,12-13H2. The Morgan fingerprint density at radius 3 is 1.52 bits per heavy atom. The Kier molecular flexibility index (Phi) is 5.48. The van der Waals surface area contributed by atoms with Crippen LogP contribution < -0.4 is 4.90 Å². The molecule has 0 heterocycles. The van der Waals surface area contributed by atoms with Crippen molar-refractivity contribution in [3.8, 4) is 0 Å². The van der Waals surface area contributed by atoms with E-state index < -0.39 is 0 Å². The third-order valence-corrected chi connectivity index (χ3v) is 4.21. The topological polar surface area (TPSA) is 3.24 Å². The Labute approximate surface area is 150 Å². The first-order valence-corrected chi connectivity index (χ1v) is 8.58. The maximum Gasteiger partial charge on any atom is 0.0496 e. The second kappa shape index (κ2) is 8.16. The van der Waals surface area contributed by atoms with E-state index in [1.54, 1.807) is 0 Å². The lowest BCUT2D eigenvalue weighted by molar-refractivity contribution is 1.16. The lowest BCUT2D eigenvalue weighted by Gasteiger charge is -2.29. The molecule has 0 spiro atoms. The van der Waals surface area contributed by atoms with Gasteiger partial charge >= 0.3 is 0 Å². The lowest BCUT2D eigenvalue weighted by Crippen LogP contribution is -2.13. The first-order chi connectivity index (χ1) is 12.3. The molecule has 0 fully saturated rings. The Balaban J connectivity index is 2.22. The highest BCUT2D eigenvalue weighted by Crippen LogP contribution is 2.38. The van der Waals surface area contributed by atoms with Gasteiger partial charge in [-0.15, -0.1) is 13.2 Å². The van der Waals surface area contributed by atoms with Crippen LogP contribution in [0.4, 0.5) is 17.1 Å². The molecule has 0 amide bonds. The molecule has 124 valence electrons. The minimum atomic E-state index is 0.836. The van der Waals surface area contributed by atoms with Gasteiger partial charge in [-0.25, -0.2) is 0 Å². The number of hydrogen-bond acceptors (Lipinski definition) is 1. The van der Waals surface area contributed by atoms with Crippen molar-refractivity contribution in [2.75, 3.05) is 4.90 Å². The zero-order chi connectivity index (χ0) is 17.5. The van der Waals surface area contributed by atoms with Crippen molar-refractivity contribution in [2.45, 2.75) is 12.8 Å². The molecule has 0 bridgehead atoms. The molecule has 1 heteroatoms. The van der Waals surface area contributed by atoms with Crippen LogP contribution in [0.25, 0.3) is 0 Å². The van der Waals surface area contributed by atoms with Crippen LogP contribution in [0.2, 0.25) is 0 Å². The Morgan fingerprint density at radius 1 is 0.600 bits per heavy atom. The molecule has 3 aromatic carbocycles. The van der Waals surface area contributed by atoms with Crippen LogP contribution >= 0.6 is 0 Å². The third-order valence-electron chi connectivity index (χ3n) is 4.21. The van der Waals surface area contributed by atoms with Crippen LogP contribution in [0.15, 0.2) is 104 Å². The minimum absolute atomic E-state index is 0.836. The summed E-state index contributed by atoms with van der Waals surface area (Å²) in [5.74, 6) is 0. The van der Waals surface area contributed by atoms with E-state index in [1.165, 1.54) is 22.5 Å². The van der Waals surface area contributed by atoms with Gasteiger partial charge in [-0.1, -0.05) is 66.7 Å². The highest BCUT2D eigenvalue weighted by Gasteiger charge is 2.17. The van der Waals surface area contributed by atoms with Crippen molar-refractivity contribution in [3.63, 3.8) is 0 Å². The average Bonchev–Trinajstić information content (AvgIpc) is 2.66. The zero-order valence-corrected chi connectivity index (χ0v) is 14.4. The fourth-order valence-electron chi connectivity index (χ4n) is 3.10. The fourth-order valence-corrected chi connectivity index (χ4v) is 3.10. The molecule has 25 heavy (non-hydrogen) atoms. The molecular weight excluding hydrogens is 302 g/mol. The molecule has 0 atom stereocenters. The predicted octanol–water partition coefficient (Wildman–Crippen LogP) is 6.61. The van der Waals surface area contributed by atoms with Gasteiger partial charge in [-0.05, 0) is 48.2 Å². The number of rotatable bonds is 7. The van der Waals surface area contributed by atoms with E-state index in [1.807, 2.05) is 18.2 Å². The summed E-state index contributed by atoms with van der Waals surface area (Å²) < 4.78 is 0. The number of anilines is 3. The van der Waals surface area contributed by atoms with Gasteiger partial charge < -0.3 is 4.90 Å². The van der Waals surface area contributed by atoms with Crippen molar-refractivity contribution in [3.05, 3.63) is 115 Å². The van der Waals surface area contributed by atoms with E-state index in [9.17, 15) is 0 Å². The van der Waals surface area contributed by atoms with E-state index in [4.69, 9.17) is 0 Å². The molecule has 3 aromatic rings. The molecule has 0 radical (unpaired) electrons.